The van der Waals surface area contributed by atoms with Crippen molar-refractivity contribution in [3.05, 3.63) is 47.5 Å². The molecular weight excluding hydrogens is 441 g/mol. The molecule has 176 valence electrons. The fourth-order valence-electron chi connectivity index (χ4n) is 4.98. The van der Waals surface area contributed by atoms with Crippen LogP contribution in [0, 0.1) is 12.8 Å². The summed E-state index contributed by atoms with van der Waals surface area (Å²) in [5.41, 5.74) is -2.26. The molecule has 4 rings (SSSR count). The van der Waals surface area contributed by atoms with Crippen LogP contribution in [0.2, 0.25) is 0 Å². The van der Waals surface area contributed by atoms with Gasteiger partial charge in [-0.05, 0) is 37.3 Å². The average Bonchev–Trinajstić information content (AvgIpc) is 3.40. The summed E-state index contributed by atoms with van der Waals surface area (Å²) in [7, 11) is -5.45. The van der Waals surface area contributed by atoms with Crippen LogP contribution < -0.4 is 4.90 Å². The SMILES string of the molecule is Cc1ccc2c(c1)CN(S(=O)(=O)C(F)(F)F)C[C@@H](CCC1CCCC1)N2Cc1cnc[nH]1. The van der Waals surface area contributed by atoms with Gasteiger partial charge in [0, 0.05) is 31.0 Å². The molecule has 0 unspecified atom stereocenters. The van der Waals surface area contributed by atoms with E-state index in [0.717, 1.165) is 36.2 Å². The summed E-state index contributed by atoms with van der Waals surface area (Å²) < 4.78 is 66.1. The van der Waals surface area contributed by atoms with E-state index in [1.54, 1.807) is 18.6 Å². The minimum absolute atomic E-state index is 0.198. The number of anilines is 1. The number of aromatic nitrogens is 2. The molecule has 2 heterocycles. The number of fused-ring (bicyclic) bond motifs is 1. The lowest BCUT2D eigenvalue weighted by Crippen LogP contribution is -2.47. The van der Waals surface area contributed by atoms with Crippen LogP contribution in [0.25, 0.3) is 0 Å². The normalized spacial score (nSPS) is 21.0. The van der Waals surface area contributed by atoms with Crippen LogP contribution in [0.4, 0.5) is 18.9 Å². The van der Waals surface area contributed by atoms with Crippen molar-refractivity contribution in [2.75, 3.05) is 11.4 Å². The highest BCUT2D eigenvalue weighted by Gasteiger charge is 2.51. The Morgan fingerprint density at radius 2 is 1.94 bits per heavy atom. The first-order valence-electron chi connectivity index (χ1n) is 11.0. The van der Waals surface area contributed by atoms with Gasteiger partial charge in [-0.15, -0.1) is 0 Å². The number of hydrogen-bond acceptors (Lipinski definition) is 4. The number of rotatable bonds is 6. The van der Waals surface area contributed by atoms with Gasteiger partial charge in [-0.2, -0.15) is 17.5 Å². The van der Waals surface area contributed by atoms with Gasteiger partial charge < -0.3 is 9.88 Å². The van der Waals surface area contributed by atoms with Gasteiger partial charge >= 0.3 is 15.5 Å². The van der Waals surface area contributed by atoms with Crippen molar-refractivity contribution in [3.63, 3.8) is 0 Å². The summed E-state index contributed by atoms with van der Waals surface area (Å²) in [6.07, 6.45) is 9.41. The molecule has 2 aliphatic rings. The largest absolute Gasteiger partial charge is 0.511 e. The van der Waals surface area contributed by atoms with Crippen LogP contribution in [-0.4, -0.2) is 40.8 Å². The maximum atomic E-state index is 13.5. The minimum atomic E-state index is -5.45. The summed E-state index contributed by atoms with van der Waals surface area (Å²) >= 11 is 0. The van der Waals surface area contributed by atoms with Gasteiger partial charge in [0.25, 0.3) is 0 Å². The molecule has 10 heteroatoms. The molecule has 1 saturated carbocycles. The van der Waals surface area contributed by atoms with Crippen molar-refractivity contribution in [2.24, 2.45) is 5.92 Å². The number of hydrogen-bond donors (Lipinski definition) is 1. The number of H-pyrrole nitrogens is 1. The summed E-state index contributed by atoms with van der Waals surface area (Å²) in [4.78, 5) is 9.19. The van der Waals surface area contributed by atoms with E-state index in [-0.39, 0.29) is 19.1 Å². The lowest BCUT2D eigenvalue weighted by atomic mass is 9.97. The monoisotopic (exact) mass is 470 g/mol. The van der Waals surface area contributed by atoms with Crippen molar-refractivity contribution in [1.82, 2.24) is 14.3 Å². The number of aryl methyl sites for hydroxylation is 1. The molecular formula is C22H29F3N4O2S. The molecule has 2 aromatic rings. The molecule has 0 bridgehead atoms. The fourth-order valence-corrected chi connectivity index (χ4v) is 5.95. The zero-order valence-electron chi connectivity index (χ0n) is 18.1. The third-order valence-electron chi connectivity index (χ3n) is 6.66. The van der Waals surface area contributed by atoms with Gasteiger partial charge in [0.2, 0.25) is 0 Å². The number of halogens is 3. The van der Waals surface area contributed by atoms with E-state index >= 15 is 0 Å². The Morgan fingerprint density at radius 1 is 1.19 bits per heavy atom. The third kappa shape index (κ3) is 4.80. The number of sulfonamides is 1. The molecule has 1 aliphatic heterocycles. The predicted molar refractivity (Wildman–Crippen MR) is 116 cm³/mol. The van der Waals surface area contributed by atoms with E-state index < -0.39 is 15.5 Å². The number of alkyl halides is 3. The second-order valence-corrected chi connectivity index (χ2v) is 10.9. The number of nitrogens with one attached hydrogen (secondary N) is 1. The molecule has 1 aromatic heterocycles. The molecule has 6 nitrogen and oxygen atoms in total. The van der Waals surface area contributed by atoms with E-state index in [1.807, 2.05) is 19.1 Å². The highest BCUT2D eigenvalue weighted by Crippen LogP contribution is 2.37. The molecule has 1 fully saturated rings. The topological polar surface area (TPSA) is 69.3 Å². The quantitative estimate of drug-likeness (QED) is 0.663. The first-order valence-corrected chi connectivity index (χ1v) is 12.5. The molecule has 0 amide bonds. The van der Waals surface area contributed by atoms with Crippen LogP contribution in [0.3, 0.4) is 0 Å². The molecule has 32 heavy (non-hydrogen) atoms. The van der Waals surface area contributed by atoms with Crippen LogP contribution in [0.15, 0.2) is 30.7 Å². The van der Waals surface area contributed by atoms with Gasteiger partial charge in [0.15, 0.2) is 0 Å². The maximum absolute atomic E-state index is 13.5. The van der Waals surface area contributed by atoms with Gasteiger partial charge in [0.05, 0.1) is 18.6 Å². The Kier molecular flexibility index (Phi) is 6.53. The van der Waals surface area contributed by atoms with Gasteiger partial charge in [-0.1, -0.05) is 43.4 Å². The van der Waals surface area contributed by atoms with Gasteiger partial charge in [0.1, 0.15) is 0 Å². The summed E-state index contributed by atoms with van der Waals surface area (Å²) in [6, 6.07) is 5.22. The van der Waals surface area contributed by atoms with Crippen LogP contribution >= 0.6 is 0 Å². The Bertz CT molecular complexity index is 1020. The van der Waals surface area contributed by atoms with E-state index in [2.05, 4.69) is 14.9 Å². The maximum Gasteiger partial charge on any atom is 0.511 e. The first-order chi connectivity index (χ1) is 15.1. The summed E-state index contributed by atoms with van der Waals surface area (Å²) in [6.45, 7) is 1.78. The fraction of sp³-hybridized carbons (Fsp3) is 0.591. The van der Waals surface area contributed by atoms with Crippen molar-refractivity contribution in [3.8, 4) is 0 Å². The van der Waals surface area contributed by atoms with E-state index in [0.29, 0.717) is 28.8 Å². The molecule has 0 spiro atoms. The smallest absolute Gasteiger partial charge is 0.361 e. The van der Waals surface area contributed by atoms with E-state index in [1.165, 1.54) is 12.8 Å². The minimum Gasteiger partial charge on any atom is -0.361 e. The Morgan fingerprint density at radius 3 is 2.59 bits per heavy atom. The second-order valence-electron chi connectivity index (χ2n) is 8.96. The number of benzene rings is 1. The zero-order chi connectivity index (χ0) is 22.9. The van der Waals surface area contributed by atoms with E-state index in [4.69, 9.17) is 0 Å². The lowest BCUT2D eigenvalue weighted by molar-refractivity contribution is -0.0492. The highest BCUT2D eigenvalue weighted by atomic mass is 32.2. The zero-order valence-corrected chi connectivity index (χ0v) is 18.9. The third-order valence-corrected chi connectivity index (χ3v) is 8.20. The average molecular weight is 471 g/mol. The summed E-state index contributed by atoms with van der Waals surface area (Å²) in [5.74, 6) is 0.553. The molecule has 1 N–H and O–H groups in total. The second kappa shape index (κ2) is 9.05. The van der Waals surface area contributed by atoms with Gasteiger partial charge in [-0.25, -0.2) is 13.4 Å². The Labute approximate surface area is 186 Å². The van der Waals surface area contributed by atoms with Crippen molar-refractivity contribution in [2.45, 2.75) is 70.1 Å². The predicted octanol–water partition coefficient (Wildman–Crippen LogP) is 4.73. The van der Waals surface area contributed by atoms with Crippen LogP contribution in [0.1, 0.15) is 55.3 Å². The number of nitrogens with zero attached hydrogens (tertiary/aromatic N) is 3. The molecule has 1 aromatic carbocycles. The number of imidazole rings is 1. The highest BCUT2D eigenvalue weighted by molar-refractivity contribution is 7.89. The standard InChI is InChI=1S/C22H29F3N4O2S/c1-16-6-9-21-18(10-16)12-28(32(30,31)22(23,24)25)14-20(8-7-17-4-2-3-5-17)29(21)13-19-11-26-15-27-19/h6,9-11,15,17,20H,2-5,7-8,12-14H2,1H3,(H,26,27)/t20-/m1/s1. The van der Waals surface area contributed by atoms with Crippen LogP contribution in [0.5, 0.6) is 0 Å². The van der Waals surface area contributed by atoms with Crippen molar-refractivity contribution < 1.29 is 21.6 Å². The molecule has 1 atom stereocenters. The van der Waals surface area contributed by atoms with E-state index in [9.17, 15) is 21.6 Å². The number of aromatic amines is 1. The van der Waals surface area contributed by atoms with Crippen LogP contribution in [-0.2, 0) is 23.1 Å². The Hall–Kier alpha value is -2.07. The molecule has 0 saturated heterocycles. The molecule has 0 radical (unpaired) electrons. The lowest BCUT2D eigenvalue weighted by Gasteiger charge is -2.34. The molecule has 1 aliphatic carbocycles. The van der Waals surface area contributed by atoms with Crippen molar-refractivity contribution >= 4 is 15.7 Å². The van der Waals surface area contributed by atoms with Gasteiger partial charge in [-0.3, -0.25) is 0 Å². The first kappa shape index (κ1) is 23.1. The van der Waals surface area contributed by atoms with Crippen molar-refractivity contribution in [1.29, 1.82) is 0 Å². The Balaban J connectivity index is 1.73. The summed E-state index contributed by atoms with van der Waals surface area (Å²) in [5, 5.41) is 0.